The quantitative estimate of drug-likeness (QED) is 0.608. The molecule has 0 bridgehead atoms. The third kappa shape index (κ3) is 3.47. The zero-order chi connectivity index (χ0) is 14.0. The summed E-state index contributed by atoms with van der Waals surface area (Å²) in [6.07, 6.45) is 3.66. The summed E-state index contributed by atoms with van der Waals surface area (Å²) in [4.78, 5) is 11.6. The molecule has 0 aliphatic carbocycles. The molecule has 0 amide bonds. The number of rotatable bonds is 2. The Balaban J connectivity index is 2.24. The molecule has 1 fully saturated rings. The van der Waals surface area contributed by atoms with Crippen LogP contribution in [0.4, 0.5) is 0 Å². The van der Waals surface area contributed by atoms with Crippen molar-refractivity contribution in [1.29, 1.82) is 0 Å². The van der Waals surface area contributed by atoms with E-state index in [0.717, 1.165) is 15.6 Å². The van der Waals surface area contributed by atoms with Gasteiger partial charge in [0.15, 0.2) is 0 Å². The van der Waals surface area contributed by atoms with Crippen LogP contribution >= 0.6 is 15.9 Å². The zero-order valence-corrected chi connectivity index (χ0v) is 12.7. The molecule has 0 radical (unpaired) electrons. The maximum Gasteiger partial charge on any atom is 0.377 e. The van der Waals surface area contributed by atoms with Crippen molar-refractivity contribution in [3.8, 4) is 0 Å². The summed E-state index contributed by atoms with van der Waals surface area (Å²) in [5.74, 6) is -1.06. The maximum atomic E-state index is 11.6. The third-order valence-electron chi connectivity index (χ3n) is 2.54. The molecule has 19 heavy (non-hydrogen) atoms. The molecule has 0 spiro atoms. The van der Waals surface area contributed by atoms with Gasteiger partial charge in [0.05, 0.1) is 0 Å². The van der Waals surface area contributed by atoms with E-state index in [0.29, 0.717) is 0 Å². The Kier molecular flexibility index (Phi) is 3.80. The molecule has 1 aromatic carbocycles. The second kappa shape index (κ2) is 5.21. The number of hydrogen-bond acceptors (Lipinski definition) is 3. The largest absolute Gasteiger partial charge is 0.445 e. The van der Waals surface area contributed by atoms with E-state index < -0.39 is 11.8 Å². The monoisotopic (exact) mass is 322 g/mol. The minimum Gasteiger partial charge on any atom is -0.445 e. The molecule has 0 aromatic heterocycles. The van der Waals surface area contributed by atoms with E-state index in [-0.39, 0.29) is 5.76 Å². The highest BCUT2D eigenvalue weighted by molar-refractivity contribution is 9.10. The number of carbonyl (C=O) groups is 1. The van der Waals surface area contributed by atoms with Crippen LogP contribution in [-0.2, 0) is 14.3 Å². The molecule has 2 rings (SSSR count). The summed E-state index contributed by atoms with van der Waals surface area (Å²) in [6.45, 7) is 5.32. The number of allylic oxidation sites excluding steroid dienone is 2. The van der Waals surface area contributed by atoms with E-state index in [4.69, 9.17) is 9.47 Å². The second-order valence-electron chi connectivity index (χ2n) is 4.81. The molecule has 0 unspecified atom stereocenters. The fourth-order valence-corrected chi connectivity index (χ4v) is 2.17. The van der Waals surface area contributed by atoms with Crippen molar-refractivity contribution < 1.29 is 14.3 Å². The van der Waals surface area contributed by atoms with Gasteiger partial charge in [-0.25, -0.2) is 4.79 Å². The van der Waals surface area contributed by atoms with Gasteiger partial charge in [0, 0.05) is 18.3 Å². The minimum absolute atomic E-state index is 0.241. The lowest BCUT2D eigenvalue weighted by Crippen LogP contribution is -2.19. The minimum atomic E-state index is -0.878. The first-order valence-electron chi connectivity index (χ1n) is 5.94. The van der Waals surface area contributed by atoms with Crippen LogP contribution < -0.4 is 0 Å². The van der Waals surface area contributed by atoms with Crippen LogP contribution in [0.15, 0.2) is 46.1 Å². The first-order valence-corrected chi connectivity index (χ1v) is 6.73. The molecule has 0 saturated carbocycles. The Hall–Kier alpha value is -1.55. The zero-order valence-electron chi connectivity index (χ0n) is 11.1. The van der Waals surface area contributed by atoms with E-state index in [2.05, 4.69) is 15.9 Å². The average Bonchev–Trinajstić information content (AvgIpc) is 2.55. The second-order valence-corrected chi connectivity index (χ2v) is 5.66. The smallest absolute Gasteiger partial charge is 0.377 e. The Labute approximate surface area is 121 Å². The third-order valence-corrected chi connectivity index (χ3v) is 3.26. The van der Waals surface area contributed by atoms with Gasteiger partial charge in [0.25, 0.3) is 0 Å². The van der Waals surface area contributed by atoms with Gasteiger partial charge in [0.1, 0.15) is 0 Å². The number of esters is 1. The summed E-state index contributed by atoms with van der Waals surface area (Å²) in [7, 11) is 0. The summed E-state index contributed by atoms with van der Waals surface area (Å²) in [5.41, 5.74) is 1.96. The average molecular weight is 323 g/mol. The molecular formula is C15H15BrO3. The normalized spacial score (nSPS) is 20.3. The lowest BCUT2D eigenvalue weighted by molar-refractivity contribution is -0.159. The van der Waals surface area contributed by atoms with E-state index in [9.17, 15) is 4.79 Å². The highest BCUT2D eigenvalue weighted by atomic mass is 79.9. The van der Waals surface area contributed by atoms with Crippen molar-refractivity contribution >= 4 is 28.0 Å². The number of carbonyl (C=O) groups excluding carboxylic acids is 1. The lowest BCUT2D eigenvalue weighted by Gasteiger charge is -2.13. The molecule has 4 heteroatoms. The fraction of sp³-hybridized carbons (Fsp3) is 0.267. The predicted molar refractivity (Wildman–Crippen MR) is 77.1 cm³/mol. The first kappa shape index (κ1) is 13.9. The molecule has 1 saturated heterocycles. The van der Waals surface area contributed by atoms with Gasteiger partial charge in [0.2, 0.25) is 11.5 Å². The number of hydrogen-bond donors (Lipinski definition) is 0. The maximum absolute atomic E-state index is 11.6. The highest BCUT2D eigenvalue weighted by Gasteiger charge is 2.37. The standard InChI is InChI=1S/C15H15BrO3/c1-10(8-11-6-4-5-7-12(11)16)9-13-14(17)19-15(2,3)18-13/h4-9H,1-3H3/b10-8+,13-9-. The van der Waals surface area contributed by atoms with E-state index in [1.165, 1.54) is 0 Å². The van der Waals surface area contributed by atoms with Gasteiger partial charge in [-0.05, 0) is 30.2 Å². The van der Waals surface area contributed by atoms with Gasteiger partial charge < -0.3 is 9.47 Å². The summed E-state index contributed by atoms with van der Waals surface area (Å²) < 4.78 is 11.5. The van der Waals surface area contributed by atoms with Crippen molar-refractivity contribution in [2.45, 2.75) is 26.6 Å². The number of cyclic esters (lactones) is 1. The van der Waals surface area contributed by atoms with Crippen LogP contribution in [0.25, 0.3) is 6.08 Å². The van der Waals surface area contributed by atoms with Crippen LogP contribution in [-0.4, -0.2) is 11.8 Å². The topological polar surface area (TPSA) is 35.5 Å². The van der Waals surface area contributed by atoms with Crippen LogP contribution in [0.3, 0.4) is 0 Å². The Morgan fingerprint density at radius 3 is 2.53 bits per heavy atom. The van der Waals surface area contributed by atoms with Crippen molar-refractivity contribution in [3.05, 3.63) is 51.7 Å². The Bertz CT molecular complexity index is 571. The Morgan fingerprint density at radius 2 is 1.95 bits per heavy atom. The van der Waals surface area contributed by atoms with Gasteiger partial charge in [-0.1, -0.05) is 40.2 Å². The SMILES string of the molecule is CC(/C=C1\OC(C)(C)OC1=O)=C\c1ccccc1Br. The number of halogens is 1. The van der Waals surface area contributed by atoms with Gasteiger partial charge in [-0.15, -0.1) is 0 Å². The van der Waals surface area contributed by atoms with Crippen molar-refractivity contribution in [1.82, 2.24) is 0 Å². The van der Waals surface area contributed by atoms with Gasteiger partial charge in [-0.3, -0.25) is 0 Å². The first-order chi connectivity index (χ1) is 8.87. The highest BCUT2D eigenvalue weighted by Crippen LogP contribution is 2.27. The lowest BCUT2D eigenvalue weighted by atomic mass is 10.1. The van der Waals surface area contributed by atoms with Gasteiger partial charge >= 0.3 is 5.97 Å². The van der Waals surface area contributed by atoms with Crippen LogP contribution in [0.2, 0.25) is 0 Å². The molecule has 0 atom stereocenters. The Morgan fingerprint density at radius 1 is 1.26 bits per heavy atom. The molecule has 1 aliphatic heterocycles. The van der Waals surface area contributed by atoms with E-state index in [1.54, 1.807) is 19.9 Å². The van der Waals surface area contributed by atoms with Crippen LogP contribution in [0.1, 0.15) is 26.3 Å². The van der Waals surface area contributed by atoms with Crippen LogP contribution in [0.5, 0.6) is 0 Å². The predicted octanol–water partition coefficient (Wildman–Crippen LogP) is 4.05. The van der Waals surface area contributed by atoms with Gasteiger partial charge in [-0.2, -0.15) is 0 Å². The van der Waals surface area contributed by atoms with Crippen molar-refractivity contribution in [3.63, 3.8) is 0 Å². The van der Waals surface area contributed by atoms with Crippen molar-refractivity contribution in [2.24, 2.45) is 0 Å². The van der Waals surface area contributed by atoms with Crippen molar-refractivity contribution in [2.75, 3.05) is 0 Å². The number of ether oxygens (including phenoxy) is 2. The fourth-order valence-electron chi connectivity index (χ4n) is 1.78. The summed E-state index contributed by atoms with van der Waals surface area (Å²) >= 11 is 3.48. The summed E-state index contributed by atoms with van der Waals surface area (Å²) in [6, 6.07) is 7.87. The van der Waals surface area contributed by atoms with Crippen LogP contribution in [0, 0.1) is 0 Å². The molecule has 1 aliphatic rings. The summed E-state index contributed by atoms with van der Waals surface area (Å²) in [5, 5.41) is 0. The molecule has 100 valence electrons. The molecule has 1 heterocycles. The molecule has 0 N–H and O–H groups in total. The van der Waals surface area contributed by atoms with E-state index >= 15 is 0 Å². The molecule has 3 nitrogen and oxygen atoms in total. The molecular weight excluding hydrogens is 308 g/mol. The van der Waals surface area contributed by atoms with E-state index in [1.807, 2.05) is 37.3 Å². The molecule has 1 aromatic rings. The number of benzene rings is 1.